The number of nitrogens with zero attached hydrogens (tertiary/aromatic N) is 1. The highest BCUT2D eigenvalue weighted by Crippen LogP contribution is 2.31. The number of anilines is 2. The van der Waals surface area contributed by atoms with Crippen molar-refractivity contribution in [1.82, 2.24) is 0 Å². The lowest BCUT2D eigenvalue weighted by atomic mass is 10.1. The van der Waals surface area contributed by atoms with E-state index in [0.29, 0.717) is 16.9 Å². The second kappa shape index (κ2) is 7.99. The van der Waals surface area contributed by atoms with Crippen LogP contribution in [-0.4, -0.2) is 30.4 Å². The van der Waals surface area contributed by atoms with Gasteiger partial charge in [0.15, 0.2) is 6.61 Å². The van der Waals surface area contributed by atoms with Crippen LogP contribution in [-0.2, 0) is 25.5 Å². The maximum absolute atomic E-state index is 12.9. The standard InChI is InChI=1S/C20H19FN2O4/c1-13-10-18(24)22-16-4-2-3-5-17(16)23(13)19(25)12-27-20(26)11-14-6-8-15(21)9-7-14/h2-9,13H,10-12H2,1H3,(H,22,24)/t13-/m1/s1. The molecule has 6 nitrogen and oxygen atoms in total. The maximum atomic E-state index is 12.9. The van der Waals surface area contributed by atoms with E-state index in [1.807, 2.05) is 0 Å². The van der Waals surface area contributed by atoms with Crippen LogP contribution in [0.2, 0.25) is 0 Å². The lowest BCUT2D eigenvalue weighted by Crippen LogP contribution is -2.41. The first-order chi connectivity index (χ1) is 12.9. The molecule has 7 heteroatoms. The Morgan fingerprint density at radius 2 is 1.89 bits per heavy atom. The predicted molar refractivity (Wildman–Crippen MR) is 97.7 cm³/mol. The second-order valence-electron chi connectivity index (χ2n) is 6.35. The Labute approximate surface area is 155 Å². The molecule has 0 unspecified atom stereocenters. The molecule has 0 aliphatic carbocycles. The van der Waals surface area contributed by atoms with Crippen LogP contribution in [0.4, 0.5) is 15.8 Å². The van der Waals surface area contributed by atoms with Gasteiger partial charge in [0.25, 0.3) is 5.91 Å². The van der Waals surface area contributed by atoms with Gasteiger partial charge < -0.3 is 15.0 Å². The molecule has 1 atom stereocenters. The number of amides is 2. The van der Waals surface area contributed by atoms with Gasteiger partial charge in [0.2, 0.25) is 5.91 Å². The van der Waals surface area contributed by atoms with Gasteiger partial charge in [-0.1, -0.05) is 24.3 Å². The Morgan fingerprint density at radius 1 is 1.19 bits per heavy atom. The second-order valence-corrected chi connectivity index (χ2v) is 6.35. The summed E-state index contributed by atoms with van der Waals surface area (Å²) in [6.45, 7) is 1.33. The minimum Gasteiger partial charge on any atom is -0.455 e. The lowest BCUT2D eigenvalue weighted by Gasteiger charge is -2.27. The zero-order valence-electron chi connectivity index (χ0n) is 14.8. The third-order valence-corrected chi connectivity index (χ3v) is 4.25. The number of carbonyl (C=O) groups excluding carboxylic acids is 3. The van der Waals surface area contributed by atoms with Crippen molar-refractivity contribution in [2.24, 2.45) is 0 Å². The van der Waals surface area contributed by atoms with Gasteiger partial charge >= 0.3 is 5.97 Å². The van der Waals surface area contributed by atoms with E-state index in [0.717, 1.165) is 0 Å². The molecule has 2 aromatic rings. The topological polar surface area (TPSA) is 75.7 Å². The van der Waals surface area contributed by atoms with Crippen LogP contribution in [0.25, 0.3) is 0 Å². The first kappa shape index (κ1) is 18.6. The van der Waals surface area contributed by atoms with Crippen LogP contribution in [0.1, 0.15) is 18.9 Å². The number of ether oxygens (including phenoxy) is 1. The number of halogens is 1. The summed E-state index contributed by atoms with van der Waals surface area (Å²) in [4.78, 5) is 38.1. The number of esters is 1. The van der Waals surface area contributed by atoms with Gasteiger partial charge in [-0.15, -0.1) is 0 Å². The molecule has 3 rings (SSSR count). The summed E-state index contributed by atoms with van der Waals surface area (Å²) in [5.74, 6) is -1.57. The van der Waals surface area contributed by atoms with Gasteiger partial charge in [-0.3, -0.25) is 14.4 Å². The van der Waals surface area contributed by atoms with Crippen molar-refractivity contribution in [2.45, 2.75) is 25.8 Å². The molecule has 1 aliphatic rings. The van der Waals surface area contributed by atoms with Gasteiger partial charge in [-0.2, -0.15) is 0 Å². The number of benzene rings is 2. The number of hydrogen-bond donors (Lipinski definition) is 1. The van der Waals surface area contributed by atoms with Crippen molar-refractivity contribution in [3.05, 3.63) is 59.9 Å². The van der Waals surface area contributed by atoms with Crippen molar-refractivity contribution in [3.63, 3.8) is 0 Å². The summed E-state index contributed by atoms with van der Waals surface area (Å²) in [5.41, 5.74) is 1.70. The molecule has 0 radical (unpaired) electrons. The molecule has 1 N–H and O–H groups in total. The van der Waals surface area contributed by atoms with Crippen LogP contribution in [0, 0.1) is 5.82 Å². The minimum absolute atomic E-state index is 0.0558. The monoisotopic (exact) mass is 370 g/mol. The Hall–Kier alpha value is -3.22. The summed E-state index contributed by atoms with van der Waals surface area (Å²) in [6, 6.07) is 12.1. The average Bonchev–Trinajstić information content (AvgIpc) is 2.76. The molecular formula is C20H19FN2O4. The van der Waals surface area contributed by atoms with Gasteiger partial charge in [0.1, 0.15) is 5.82 Å². The maximum Gasteiger partial charge on any atom is 0.310 e. The Bertz CT molecular complexity index is 867. The Morgan fingerprint density at radius 3 is 2.63 bits per heavy atom. The van der Waals surface area contributed by atoms with Gasteiger partial charge in [0.05, 0.1) is 17.8 Å². The van der Waals surface area contributed by atoms with Crippen molar-refractivity contribution >= 4 is 29.2 Å². The molecular weight excluding hydrogens is 351 g/mol. The van der Waals surface area contributed by atoms with Crippen LogP contribution in [0.5, 0.6) is 0 Å². The summed E-state index contributed by atoms with van der Waals surface area (Å²) < 4.78 is 18.0. The predicted octanol–water partition coefficient (Wildman–Crippen LogP) is 2.68. The first-order valence-corrected chi connectivity index (χ1v) is 8.55. The average molecular weight is 370 g/mol. The quantitative estimate of drug-likeness (QED) is 0.840. The molecule has 27 heavy (non-hydrogen) atoms. The normalized spacial score (nSPS) is 16.1. The van der Waals surface area contributed by atoms with Gasteiger partial charge in [-0.25, -0.2) is 4.39 Å². The molecule has 1 aliphatic heterocycles. The number of rotatable bonds is 4. The van der Waals surface area contributed by atoms with E-state index in [1.54, 1.807) is 31.2 Å². The number of hydrogen-bond acceptors (Lipinski definition) is 4. The molecule has 1 heterocycles. The fourth-order valence-electron chi connectivity index (χ4n) is 3.00. The van der Waals surface area contributed by atoms with Crippen LogP contribution < -0.4 is 10.2 Å². The molecule has 2 amide bonds. The largest absolute Gasteiger partial charge is 0.455 e. The van der Waals surface area contributed by atoms with E-state index < -0.39 is 18.5 Å². The number of fused-ring (bicyclic) bond motifs is 1. The number of carbonyl (C=O) groups is 3. The molecule has 2 aromatic carbocycles. The van der Waals surface area contributed by atoms with E-state index in [1.165, 1.54) is 29.2 Å². The van der Waals surface area contributed by atoms with E-state index in [-0.39, 0.29) is 30.6 Å². The smallest absolute Gasteiger partial charge is 0.310 e. The van der Waals surface area contributed by atoms with Gasteiger partial charge in [-0.05, 0) is 36.8 Å². The minimum atomic E-state index is -0.583. The first-order valence-electron chi connectivity index (χ1n) is 8.55. The summed E-state index contributed by atoms with van der Waals surface area (Å²) in [6.07, 6.45) is 0.0870. The van der Waals surface area contributed by atoms with Crippen LogP contribution in [0.3, 0.4) is 0 Å². The molecule has 0 fully saturated rings. The number of nitrogens with one attached hydrogen (secondary N) is 1. The van der Waals surface area contributed by atoms with E-state index in [2.05, 4.69) is 5.32 Å². The van der Waals surface area contributed by atoms with Crippen molar-refractivity contribution in [3.8, 4) is 0 Å². The van der Waals surface area contributed by atoms with Crippen LogP contribution in [0.15, 0.2) is 48.5 Å². The summed E-state index contributed by atoms with van der Waals surface area (Å²) >= 11 is 0. The fourth-order valence-corrected chi connectivity index (χ4v) is 3.00. The SMILES string of the molecule is C[C@@H]1CC(=O)Nc2ccccc2N1C(=O)COC(=O)Cc1ccc(F)cc1. The lowest BCUT2D eigenvalue weighted by molar-refractivity contribution is -0.147. The molecule has 140 valence electrons. The highest BCUT2D eigenvalue weighted by Gasteiger charge is 2.30. The third kappa shape index (κ3) is 4.49. The Kier molecular flexibility index (Phi) is 5.49. The highest BCUT2D eigenvalue weighted by molar-refractivity contribution is 6.05. The highest BCUT2D eigenvalue weighted by atomic mass is 19.1. The van der Waals surface area contributed by atoms with Crippen molar-refractivity contribution < 1.29 is 23.5 Å². The summed E-state index contributed by atoms with van der Waals surface area (Å²) in [5, 5.41) is 2.77. The van der Waals surface area contributed by atoms with E-state index in [9.17, 15) is 18.8 Å². The zero-order chi connectivity index (χ0) is 19.4. The molecule has 0 aromatic heterocycles. The molecule has 0 saturated heterocycles. The Balaban J connectivity index is 1.67. The molecule has 0 spiro atoms. The molecule has 0 saturated carbocycles. The van der Waals surface area contributed by atoms with Crippen LogP contribution >= 0.6 is 0 Å². The van der Waals surface area contributed by atoms with E-state index in [4.69, 9.17) is 4.74 Å². The number of para-hydroxylation sites is 2. The van der Waals surface area contributed by atoms with Crippen molar-refractivity contribution in [1.29, 1.82) is 0 Å². The van der Waals surface area contributed by atoms with Crippen molar-refractivity contribution in [2.75, 3.05) is 16.8 Å². The third-order valence-electron chi connectivity index (χ3n) is 4.25. The van der Waals surface area contributed by atoms with E-state index >= 15 is 0 Å². The summed E-state index contributed by atoms with van der Waals surface area (Å²) in [7, 11) is 0. The fraction of sp³-hybridized carbons (Fsp3) is 0.250. The van der Waals surface area contributed by atoms with Gasteiger partial charge in [0, 0.05) is 12.5 Å². The zero-order valence-corrected chi connectivity index (χ0v) is 14.8. The molecule has 0 bridgehead atoms.